The Morgan fingerprint density at radius 1 is 1.32 bits per heavy atom. The molecule has 1 aliphatic heterocycles. The maximum Gasteiger partial charge on any atom is 0.260 e. The lowest BCUT2D eigenvalue weighted by molar-refractivity contribution is 0.0193. The van der Waals surface area contributed by atoms with E-state index in [1.807, 2.05) is 0 Å². The van der Waals surface area contributed by atoms with Gasteiger partial charge in [-0.15, -0.1) is 0 Å². The Balaban J connectivity index is 1.47. The molecule has 2 aliphatic carbocycles. The Morgan fingerprint density at radius 3 is 2.73 bits per heavy atom. The van der Waals surface area contributed by atoms with Gasteiger partial charge >= 0.3 is 0 Å². The van der Waals surface area contributed by atoms with Crippen molar-refractivity contribution in [3.05, 3.63) is 11.7 Å². The lowest BCUT2D eigenvalue weighted by Gasteiger charge is -2.27. The molecule has 0 amide bonds. The molecule has 22 heavy (non-hydrogen) atoms. The SMILES string of the molecule is O=S(=O)(CC1CCC1)N1CC[C@](O)(c2nc(C3CC3)no2)C1. The number of nitrogens with zero attached hydrogens (tertiary/aromatic N) is 3. The van der Waals surface area contributed by atoms with Crippen molar-refractivity contribution in [2.24, 2.45) is 5.92 Å². The number of sulfonamides is 1. The van der Waals surface area contributed by atoms with Crippen LogP contribution in [0.5, 0.6) is 0 Å². The fourth-order valence-corrected chi connectivity index (χ4v) is 5.09. The summed E-state index contributed by atoms with van der Waals surface area (Å²) in [7, 11) is -3.31. The Morgan fingerprint density at radius 2 is 2.09 bits per heavy atom. The molecule has 122 valence electrons. The van der Waals surface area contributed by atoms with Crippen LogP contribution in [0.1, 0.15) is 56.2 Å². The largest absolute Gasteiger partial charge is 0.379 e. The van der Waals surface area contributed by atoms with E-state index in [2.05, 4.69) is 10.1 Å². The molecule has 0 radical (unpaired) electrons. The van der Waals surface area contributed by atoms with Crippen molar-refractivity contribution in [2.75, 3.05) is 18.8 Å². The summed E-state index contributed by atoms with van der Waals surface area (Å²) in [5, 5.41) is 14.6. The number of hydrogen-bond donors (Lipinski definition) is 1. The number of rotatable bonds is 5. The molecule has 1 aromatic rings. The summed E-state index contributed by atoms with van der Waals surface area (Å²) in [5.41, 5.74) is -1.34. The van der Waals surface area contributed by atoms with Crippen LogP contribution in [0.2, 0.25) is 0 Å². The van der Waals surface area contributed by atoms with E-state index in [1.54, 1.807) is 0 Å². The lowest BCUT2D eigenvalue weighted by atomic mass is 9.87. The molecule has 4 rings (SSSR count). The second kappa shape index (κ2) is 5.01. The van der Waals surface area contributed by atoms with Crippen LogP contribution in [-0.4, -0.2) is 46.8 Å². The van der Waals surface area contributed by atoms with E-state index >= 15 is 0 Å². The van der Waals surface area contributed by atoms with Gasteiger partial charge in [0.1, 0.15) is 0 Å². The number of β-amino-alcohol motifs (C(OH)–C–C–N with tert-alkyl or cyclic N) is 1. The minimum atomic E-state index is -3.31. The highest BCUT2D eigenvalue weighted by molar-refractivity contribution is 7.89. The van der Waals surface area contributed by atoms with Gasteiger partial charge in [0.15, 0.2) is 11.4 Å². The molecular weight excluding hydrogens is 306 g/mol. The third-order valence-corrected chi connectivity index (χ3v) is 7.05. The van der Waals surface area contributed by atoms with E-state index in [1.165, 1.54) is 4.31 Å². The molecule has 3 fully saturated rings. The van der Waals surface area contributed by atoms with Crippen LogP contribution in [0.3, 0.4) is 0 Å². The van der Waals surface area contributed by atoms with Crippen molar-refractivity contribution >= 4 is 10.0 Å². The third-order valence-electron chi connectivity index (χ3n) is 5.06. The Bertz CT molecular complexity index is 665. The molecule has 1 aromatic heterocycles. The van der Waals surface area contributed by atoms with Crippen LogP contribution in [-0.2, 0) is 15.6 Å². The highest BCUT2D eigenvalue weighted by atomic mass is 32.2. The molecule has 1 saturated heterocycles. The molecule has 0 bridgehead atoms. The van der Waals surface area contributed by atoms with Crippen LogP contribution in [0, 0.1) is 5.92 Å². The highest BCUT2D eigenvalue weighted by Gasteiger charge is 2.47. The van der Waals surface area contributed by atoms with Gasteiger partial charge in [-0.1, -0.05) is 11.6 Å². The standard InChI is InChI=1S/C14H21N3O4S/c18-14(13-15-12(16-21-13)11-4-5-11)6-7-17(9-14)22(19,20)8-10-2-1-3-10/h10-11,18H,1-9H2/t14-/m1/s1. The van der Waals surface area contributed by atoms with E-state index in [4.69, 9.17) is 4.52 Å². The Kier molecular flexibility index (Phi) is 3.32. The second-order valence-corrected chi connectivity index (χ2v) is 8.94. The molecule has 2 heterocycles. The van der Waals surface area contributed by atoms with E-state index in [0.717, 1.165) is 32.1 Å². The zero-order chi connectivity index (χ0) is 15.4. The van der Waals surface area contributed by atoms with Crippen LogP contribution in [0.15, 0.2) is 4.52 Å². The fourth-order valence-electron chi connectivity index (χ4n) is 3.17. The van der Waals surface area contributed by atoms with E-state index in [-0.39, 0.29) is 24.1 Å². The number of aliphatic hydroxyl groups is 1. The molecule has 7 nitrogen and oxygen atoms in total. The van der Waals surface area contributed by atoms with Crippen LogP contribution < -0.4 is 0 Å². The van der Waals surface area contributed by atoms with Crippen molar-refractivity contribution in [1.82, 2.24) is 14.4 Å². The molecule has 3 aliphatic rings. The van der Waals surface area contributed by atoms with Crippen molar-refractivity contribution in [3.63, 3.8) is 0 Å². The van der Waals surface area contributed by atoms with E-state index < -0.39 is 15.6 Å². The van der Waals surface area contributed by atoms with Crippen LogP contribution in [0.25, 0.3) is 0 Å². The monoisotopic (exact) mass is 327 g/mol. The first-order valence-electron chi connectivity index (χ1n) is 8.01. The summed E-state index contributed by atoms with van der Waals surface area (Å²) in [6.45, 7) is 0.334. The molecule has 8 heteroatoms. The predicted molar refractivity (Wildman–Crippen MR) is 77.5 cm³/mol. The average molecular weight is 327 g/mol. The van der Waals surface area contributed by atoms with Gasteiger partial charge in [0.05, 0.1) is 12.3 Å². The quantitative estimate of drug-likeness (QED) is 0.865. The predicted octanol–water partition coefficient (Wildman–Crippen LogP) is 0.970. The zero-order valence-electron chi connectivity index (χ0n) is 12.4. The van der Waals surface area contributed by atoms with Crippen LogP contribution in [0.4, 0.5) is 0 Å². The van der Waals surface area contributed by atoms with Gasteiger partial charge in [-0.3, -0.25) is 0 Å². The van der Waals surface area contributed by atoms with Gasteiger partial charge in [-0.25, -0.2) is 8.42 Å². The molecule has 2 saturated carbocycles. The lowest BCUT2D eigenvalue weighted by Crippen LogP contribution is -2.38. The summed E-state index contributed by atoms with van der Waals surface area (Å²) >= 11 is 0. The Labute approximate surface area is 129 Å². The van der Waals surface area contributed by atoms with Gasteiger partial charge in [0.25, 0.3) is 5.89 Å². The minimum absolute atomic E-state index is 0.0222. The van der Waals surface area contributed by atoms with Gasteiger partial charge in [-0.2, -0.15) is 9.29 Å². The van der Waals surface area contributed by atoms with Gasteiger partial charge in [0, 0.05) is 18.9 Å². The summed E-state index contributed by atoms with van der Waals surface area (Å²) < 4.78 is 31.4. The van der Waals surface area contributed by atoms with Crippen molar-refractivity contribution in [2.45, 2.75) is 50.0 Å². The summed E-state index contributed by atoms with van der Waals surface area (Å²) in [6.07, 6.45) is 5.52. The zero-order valence-corrected chi connectivity index (χ0v) is 13.3. The van der Waals surface area contributed by atoms with Crippen molar-refractivity contribution < 1.29 is 18.0 Å². The molecule has 1 atom stereocenters. The maximum atomic E-state index is 12.4. The summed E-state index contributed by atoms with van der Waals surface area (Å²) in [4.78, 5) is 4.28. The van der Waals surface area contributed by atoms with Crippen LogP contribution >= 0.6 is 0 Å². The first-order chi connectivity index (χ1) is 10.5. The summed E-state index contributed by atoms with van der Waals surface area (Å²) in [6, 6.07) is 0. The molecule has 0 aromatic carbocycles. The van der Waals surface area contributed by atoms with Crippen molar-refractivity contribution in [1.29, 1.82) is 0 Å². The minimum Gasteiger partial charge on any atom is -0.379 e. The number of aromatic nitrogens is 2. The first kappa shape index (κ1) is 14.6. The smallest absolute Gasteiger partial charge is 0.260 e. The molecule has 0 spiro atoms. The summed E-state index contributed by atoms with van der Waals surface area (Å²) in [5.74, 6) is 1.62. The molecule has 1 N–H and O–H groups in total. The third kappa shape index (κ3) is 2.57. The van der Waals surface area contributed by atoms with Gasteiger partial charge < -0.3 is 9.63 Å². The number of hydrogen-bond acceptors (Lipinski definition) is 6. The average Bonchev–Trinajstić information content (AvgIpc) is 2.99. The highest BCUT2D eigenvalue weighted by Crippen LogP contribution is 2.40. The van der Waals surface area contributed by atoms with Gasteiger partial charge in [0.2, 0.25) is 10.0 Å². The normalized spacial score (nSPS) is 30.6. The Hall–Kier alpha value is -0.990. The van der Waals surface area contributed by atoms with E-state index in [9.17, 15) is 13.5 Å². The van der Waals surface area contributed by atoms with Crippen molar-refractivity contribution in [3.8, 4) is 0 Å². The fraction of sp³-hybridized carbons (Fsp3) is 0.857. The topological polar surface area (TPSA) is 96.5 Å². The first-order valence-corrected chi connectivity index (χ1v) is 9.61. The molecule has 0 unspecified atom stereocenters. The maximum absolute atomic E-state index is 12.4. The second-order valence-electron chi connectivity index (χ2n) is 6.92. The van der Waals surface area contributed by atoms with Gasteiger partial charge in [-0.05, 0) is 31.6 Å². The molecular formula is C14H21N3O4S. The van der Waals surface area contributed by atoms with E-state index in [0.29, 0.717) is 24.7 Å².